The average molecular weight is 407 g/mol. The lowest BCUT2D eigenvalue weighted by Gasteiger charge is -2.24. The van der Waals surface area contributed by atoms with Crippen LogP contribution >= 0.6 is 0 Å². The molecule has 1 aliphatic rings. The smallest absolute Gasteiger partial charge is 0.258 e. The minimum Gasteiger partial charge on any atom is -0.326 e. The Morgan fingerprint density at radius 2 is 1.87 bits per heavy atom. The van der Waals surface area contributed by atoms with Gasteiger partial charge in [-0.2, -0.15) is 4.98 Å². The fraction of sp³-hybridized carbons (Fsp3) is 0.143. The van der Waals surface area contributed by atoms with Crippen LogP contribution in [0.25, 0.3) is 0 Å². The number of nitrogens with one attached hydrogen (secondary N) is 4. The summed E-state index contributed by atoms with van der Waals surface area (Å²) in [4.78, 5) is 44.6. The van der Waals surface area contributed by atoms with Crippen molar-refractivity contribution >= 4 is 35.0 Å². The highest BCUT2D eigenvalue weighted by atomic mass is 19.1. The van der Waals surface area contributed by atoms with E-state index in [1.54, 1.807) is 12.1 Å². The molecular formula is C21H18FN5O3. The third-order valence-electron chi connectivity index (χ3n) is 4.78. The number of hydrogen-bond donors (Lipinski definition) is 4. The molecule has 1 atom stereocenters. The molecule has 0 unspecified atom stereocenters. The van der Waals surface area contributed by atoms with Gasteiger partial charge < -0.3 is 16.0 Å². The van der Waals surface area contributed by atoms with Gasteiger partial charge in [0.2, 0.25) is 17.8 Å². The third-order valence-corrected chi connectivity index (χ3v) is 4.78. The topological polar surface area (TPSA) is 116 Å². The van der Waals surface area contributed by atoms with E-state index < -0.39 is 29.1 Å². The van der Waals surface area contributed by atoms with E-state index in [-0.39, 0.29) is 23.8 Å². The van der Waals surface area contributed by atoms with Crippen molar-refractivity contribution in [1.82, 2.24) is 9.97 Å². The number of para-hydroxylation sites is 1. The predicted octanol–water partition coefficient (Wildman–Crippen LogP) is 3.03. The summed E-state index contributed by atoms with van der Waals surface area (Å²) < 4.78 is 13.1. The number of nitrogens with zero attached hydrogens (tertiary/aromatic N) is 1. The maximum atomic E-state index is 13.1. The quantitative estimate of drug-likeness (QED) is 0.531. The molecular weight excluding hydrogens is 389 g/mol. The van der Waals surface area contributed by atoms with Crippen LogP contribution < -0.4 is 21.5 Å². The highest BCUT2D eigenvalue weighted by molar-refractivity contribution is 6.04. The Labute approximate surface area is 170 Å². The van der Waals surface area contributed by atoms with Crippen LogP contribution in [0.5, 0.6) is 0 Å². The first-order valence-corrected chi connectivity index (χ1v) is 9.24. The van der Waals surface area contributed by atoms with E-state index in [1.807, 2.05) is 19.1 Å². The number of carbonyl (C=O) groups excluding carboxylic acids is 2. The van der Waals surface area contributed by atoms with Crippen molar-refractivity contribution in [3.05, 3.63) is 75.8 Å². The van der Waals surface area contributed by atoms with E-state index in [0.717, 1.165) is 5.56 Å². The summed E-state index contributed by atoms with van der Waals surface area (Å²) >= 11 is 0. The fourth-order valence-electron chi connectivity index (χ4n) is 3.26. The maximum Gasteiger partial charge on any atom is 0.258 e. The number of rotatable bonds is 4. The standard InChI is InChI=1S/C21H18FN5O3/c1-11-4-2-3-5-15(11)24-19(29)14-10-16(28)25-18-17(14)20(30)27-21(26-18)23-13-8-6-12(22)7-9-13/h2-9,14H,10H2,1H3,(H,24,29)(H3,23,25,26,27,28,30)/t14-/m1/s1. The number of benzene rings is 2. The highest BCUT2D eigenvalue weighted by Gasteiger charge is 2.34. The Balaban J connectivity index is 1.64. The molecule has 30 heavy (non-hydrogen) atoms. The lowest BCUT2D eigenvalue weighted by atomic mass is 9.92. The zero-order valence-corrected chi connectivity index (χ0v) is 16.0. The van der Waals surface area contributed by atoms with Crippen molar-refractivity contribution in [2.75, 3.05) is 16.0 Å². The number of halogens is 1. The summed E-state index contributed by atoms with van der Waals surface area (Å²) in [5.41, 5.74) is 1.50. The molecule has 2 heterocycles. The van der Waals surface area contributed by atoms with Crippen LogP contribution in [-0.4, -0.2) is 21.8 Å². The first-order chi connectivity index (χ1) is 14.4. The summed E-state index contributed by atoms with van der Waals surface area (Å²) in [6.45, 7) is 1.85. The van der Waals surface area contributed by atoms with Crippen LogP contribution in [0.3, 0.4) is 0 Å². The van der Waals surface area contributed by atoms with Crippen LogP contribution in [0, 0.1) is 12.7 Å². The number of amides is 2. The Morgan fingerprint density at radius 1 is 1.13 bits per heavy atom. The van der Waals surface area contributed by atoms with Gasteiger partial charge in [0.1, 0.15) is 11.6 Å². The second-order valence-corrected chi connectivity index (χ2v) is 6.92. The molecule has 152 valence electrons. The van der Waals surface area contributed by atoms with Crippen molar-refractivity contribution in [1.29, 1.82) is 0 Å². The van der Waals surface area contributed by atoms with Gasteiger partial charge >= 0.3 is 0 Å². The molecule has 0 aliphatic carbocycles. The first-order valence-electron chi connectivity index (χ1n) is 9.24. The number of aromatic amines is 1. The normalized spacial score (nSPS) is 15.1. The molecule has 3 aromatic rings. The number of hydrogen-bond acceptors (Lipinski definition) is 5. The van der Waals surface area contributed by atoms with Gasteiger partial charge in [0.05, 0.1) is 11.5 Å². The summed E-state index contributed by atoms with van der Waals surface area (Å²) in [6.07, 6.45) is -0.166. The van der Waals surface area contributed by atoms with E-state index in [9.17, 15) is 18.8 Å². The molecule has 0 radical (unpaired) electrons. The minimum absolute atomic E-state index is 0.0181. The molecule has 4 rings (SSSR count). The van der Waals surface area contributed by atoms with Gasteiger partial charge in [-0.25, -0.2) is 4.39 Å². The molecule has 2 amide bonds. The molecule has 1 aliphatic heterocycles. The van der Waals surface area contributed by atoms with Crippen molar-refractivity contribution in [2.24, 2.45) is 0 Å². The lowest BCUT2D eigenvalue weighted by Crippen LogP contribution is -2.36. The molecule has 2 aromatic carbocycles. The van der Waals surface area contributed by atoms with Crippen molar-refractivity contribution in [3.8, 4) is 0 Å². The highest BCUT2D eigenvalue weighted by Crippen LogP contribution is 2.30. The van der Waals surface area contributed by atoms with Gasteiger partial charge in [-0.3, -0.25) is 19.4 Å². The molecule has 0 saturated carbocycles. The third kappa shape index (κ3) is 3.90. The van der Waals surface area contributed by atoms with Crippen LogP contribution in [0.1, 0.15) is 23.5 Å². The maximum absolute atomic E-state index is 13.1. The largest absolute Gasteiger partial charge is 0.326 e. The molecule has 0 spiro atoms. The number of H-pyrrole nitrogens is 1. The van der Waals surface area contributed by atoms with Crippen molar-refractivity contribution in [3.63, 3.8) is 0 Å². The summed E-state index contributed by atoms with van der Waals surface area (Å²) in [5.74, 6) is -2.19. The van der Waals surface area contributed by atoms with Gasteiger partial charge in [0.25, 0.3) is 5.56 Å². The Kier molecular flexibility index (Phi) is 5.01. The van der Waals surface area contributed by atoms with E-state index in [4.69, 9.17) is 0 Å². The fourth-order valence-corrected chi connectivity index (χ4v) is 3.26. The SMILES string of the molecule is Cc1ccccc1NC(=O)[C@@H]1CC(=O)Nc2nc(Nc3ccc(F)cc3)[nH]c(=O)c21. The average Bonchev–Trinajstić information content (AvgIpc) is 2.70. The van der Waals surface area contributed by atoms with Gasteiger partial charge in [-0.1, -0.05) is 18.2 Å². The number of anilines is 4. The predicted molar refractivity (Wildman–Crippen MR) is 110 cm³/mol. The number of carbonyl (C=O) groups is 2. The summed E-state index contributed by atoms with van der Waals surface area (Å²) in [6, 6.07) is 12.7. The number of fused-ring (bicyclic) bond motifs is 1. The van der Waals surface area contributed by atoms with Crippen LogP contribution in [0.15, 0.2) is 53.3 Å². The second kappa shape index (κ2) is 7.78. The minimum atomic E-state index is -0.982. The Hall–Kier alpha value is -4.01. The number of aryl methyl sites for hydroxylation is 1. The van der Waals surface area contributed by atoms with E-state index in [2.05, 4.69) is 25.9 Å². The van der Waals surface area contributed by atoms with E-state index in [0.29, 0.717) is 11.4 Å². The zero-order valence-electron chi connectivity index (χ0n) is 16.0. The van der Waals surface area contributed by atoms with Gasteiger partial charge in [0, 0.05) is 17.8 Å². The molecule has 0 fully saturated rings. The molecule has 0 saturated heterocycles. The summed E-state index contributed by atoms with van der Waals surface area (Å²) in [7, 11) is 0. The van der Waals surface area contributed by atoms with Crippen molar-refractivity contribution in [2.45, 2.75) is 19.3 Å². The van der Waals surface area contributed by atoms with Gasteiger partial charge in [-0.15, -0.1) is 0 Å². The van der Waals surface area contributed by atoms with E-state index in [1.165, 1.54) is 24.3 Å². The van der Waals surface area contributed by atoms with Gasteiger partial charge in [0.15, 0.2) is 0 Å². The van der Waals surface area contributed by atoms with Crippen LogP contribution in [0.2, 0.25) is 0 Å². The monoisotopic (exact) mass is 407 g/mol. The molecule has 4 N–H and O–H groups in total. The van der Waals surface area contributed by atoms with Crippen LogP contribution in [0.4, 0.5) is 27.5 Å². The first kappa shape index (κ1) is 19.3. The Morgan fingerprint density at radius 3 is 2.60 bits per heavy atom. The van der Waals surface area contributed by atoms with Crippen molar-refractivity contribution < 1.29 is 14.0 Å². The van der Waals surface area contributed by atoms with Crippen LogP contribution in [-0.2, 0) is 9.59 Å². The zero-order chi connectivity index (χ0) is 21.3. The molecule has 9 heteroatoms. The number of aromatic nitrogens is 2. The Bertz CT molecular complexity index is 1190. The second-order valence-electron chi connectivity index (χ2n) is 6.92. The van der Waals surface area contributed by atoms with E-state index >= 15 is 0 Å². The molecule has 0 bridgehead atoms. The molecule has 1 aromatic heterocycles. The summed E-state index contributed by atoms with van der Waals surface area (Å²) in [5, 5.41) is 8.17. The van der Waals surface area contributed by atoms with Gasteiger partial charge in [-0.05, 0) is 42.8 Å². The lowest BCUT2D eigenvalue weighted by molar-refractivity contribution is -0.123. The molecule has 8 nitrogen and oxygen atoms in total.